The van der Waals surface area contributed by atoms with Gasteiger partial charge in [0.2, 0.25) is 17.8 Å². The van der Waals surface area contributed by atoms with Gasteiger partial charge in [-0.3, -0.25) is 4.79 Å². The predicted molar refractivity (Wildman–Crippen MR) is 73.0 cm³/mol. The molecule has 2 unspecified atom stereocenters. The zero-order valence-electron chi connectivity index (χ0n) is 13.4. The van der Waals surface area contributed by atoms with Gasteiger partial charge in [0.05, 0.1) is 0 Å². The van der Waals surface area contributed by atoms with Crippen LogP contribution in [0.4, 0.5) is 13.2 Å². The van der Waals surface area contributed by atoms with E-state index in [2.05, 4.69) is 0 Å². The third-order valence-corrected chi connectivity index (χ3v) is 5.97. The molecule has 1 saturated carbocycles. The zero-order chi connectivity index (χ0) is 17.3. The Balaban J connectivity index is 1.90. The molecule has 4 heterocycles. The Labute approximate surface area is 137 Å². The van der Waals surface area contributed by atoms with E-state index in [0.29, 0.717) is 25.7 Å². The number of hydrogen-bond acceptors (Lipinski definition) is 5. The number of hydrogen-bond donors (Lipinski definition) is 0. The first-order valence-electron chi connectivity index (χ1n) is 8.19. The summed E-state index contributed by atoms with van der Waals surface area (Å²) in [5.41, 5.74) is -1.60. The second-order valence-corrected chi connectivity index (χ2v) is 7.37. The quantitative estimate of drug-likeness (QED) is 0.538. The van der Waals surface area contributed by atoms with Crippen LogP contribution in [0.25, 0.3) is 0 Å². The number of carbonyl (C=O) groups is 1. The molecule has 5 rings (SSSR count). The van der Waals surface area contributed by atoms with Gasteiger partial charge in [-0.15, -0.1) is 0 Å². The minimum absolute atomic E-state index is 0.102. The van der Waals surface area contributed by atoms with E-state index in [0.717, 1.165) is 0 Å². The van der Waals surface area contributed by atoms with E-state index in [-0.39, 0.29) is 18.1 Å². The maximum Gasteiger partial charge on any atom is 0.449 e. The fraction of sp³-hybridized carbons (Fsp3) is 0.812. The van der Waals surface area contributed by atoms with E-state index in [9.17, 15) is 18.0 Å². The molecule has 0 amide bonds. The Kier molecular flexibility index (Phi) is 3.38. The van der Waals surface area contributed by atoms with E-state index in [1.54, 1.807) is 6.92 Å². The molecule has 5 aliphatic rings. The summed E-state index contributed by atoms with van der Waals surface area (Å²) in [5, 5.41) is 0. The molecule has 4 aliphatic heterocycles. The molecule has 134 valence electrons. The number of fused-ring (bicyclic) bond motifs is 2. The summed E-state index contributed by atoms with van der Waals surface area (Å²) in [6.45, 7) is 3.67. The van der Waals surface area contributed by atoms with Crippen molar-refractivity contribution in [2.24, 2.45) is 17.8 Å². The fourth-order valence-corrected chi connectivity index (χ4v) is 4.80. The number of rotatable bonds is 1. The van der Waals surface area contributed by atoms with Crippen LogP contribution in [0.2, 0.25) is 0 Å². The van der Waals surface area contributed by atoms with Crippen LogP contribution in [0, 0.1) is 17.8 Å². The average molecular weight is 348 g/mol. The highest BCUT2D eigenvalue weighted by Gasteiger charge is 2.70. The molecule has 8 heteroatoms. The smallest absolute Gasteiger partial charge is 0.449 e. The molecule has 3 saturated heterocycles. The summed E-state index contributed by atoms with van der Waals surface area (Å²) in [6.07, 6.45) is -3.46. The summed E-state index contributed by atoms with van der Waals surface area (Å²) in [4.78, 5) is 22.7. The van der Waals surface area contributed by atoms with Gasteiger partial charge in [0.1, 0.15) is 6.29 Å². The molecule has 1 aliphatic carbocycles. The minimum atomic E-state index is -4.76. The highest BCUT2D eigenvalue weighted by Crippen LogP contribution is 2.60. The lowest BCUT2D eigenvalue weighted by atomic mass is 9.59. The monoisotopic (exact) mass is 348 g/mol. The molecule has 24 heavy (non-hydrogen) atoms. The van der Waals surface area contributed by atoms with E-state index in [1.807, 2.05) is 6.92 Å². The van der Waals surface area contributed by atoms with Gasteiger partial charge >= 0.3 is 6.18 Å². The molecule has 2 bridgehead atoms. The number of halogens is 3. The summed E-state index contributed by atoms with van der Waals surface area (Å²) in [5.74, 6) is -3.05. The van der Waals surface area contributed by atoms with Crippen LogP contribution in [-0.2, 0) is 24.0 Å². The van der Waals surface area contributed by atoms with Gasteiger partial charge in [0, 0.05) is 23.8 Å². The Morgan fingerprint density at radius 2 is 1.96 bits per heavy atom. The molecule has 4 fully saturated rings. The van der Waals surface area contributed by atoms with Crippen molar-refractivity contribution in [3.05, 3.63) is 11.3 Å². The van der Waals surface area contributed by atoms with Crippen LogP contribution < -0.4 is 0 Å². The van der Waals surface area contributed by atoms with Crippen LogP contribution in [-0.4, -0.2) is 30.1 Å². The molecule has 0 radical (unpaired) electrons. The topological polar surface area (TPSA) is 54.0 Å². The molecule has 6 atom stereocenters. The second-order valence-electron chi connectivity index (χ2n) is 7.37. The van der Waals surface area contributed by atoms with Crippen molar-refractivity contribution in [1.82, 2.24) is 0 Å². The molecule has 0 aromatic carbocycles. The predicted octanol–water partition coefficient (Wildman–Crippen LogP) is 3.25. The molecular formula is C16H19F3O5. The van der Waals surface area contributed by atoms with Crippen molar-refractivity contribution in [3.63, 3.8) is 0 Å². The maximum atomic E-state index is 13.4. The van der Waals surface area contributed by atoms with Crippen LogP contribution in [0.15, 0.2) is 11.3 Å². The Bertz CT molecular complexity index is 603. The first kappa shape index (κ1) is 16.4. The van der Waals surface area contributed by atoms with E-state index >= 15 is 0 Å². The van der Waals surface area contributed by atoms with Gasteiger partial charge in [-0.25, -0.2) is 9.78 Å². The SMILES string of the molecule is C[C@@H]1CC[C@H]2C(C=O)=C(C(F)(F)F)O[C@@H]3OC4(C)CCC1[C@]32OO4. The van der Waals surface area contributed by atoms with Crippen molar-refractivity contribution in [2.75, 3.05) is 0 Å². The summed E-state index contributed by atoms with van der Waals surface area (Å²) >= 11 is 0. The average Bonchev–Trinajstić information content (AvgIpc) is 2.74. The Morgan fingerprint density at radius 1 is 1.21 bits per heavy atom. The third-order valence-electron chi connectivity index (χ3n) is 5.97. The summed E-state index contributed by atoms with van der Waals surface area (Å²) in [6, 6.07) is 0. The first-order chi connectivity index (χ1) is 11.2. The Hall–Kier alpha value is -1.12. The van der Waals surface area contributed by atoms with Crippen LogP contribution in [0.5, 0.6) is 0 Å². The third kappa shape index (κ3) is 2.02. The number of aldehydes is 1. The zero-order valence-corrected chi connectivity index (χ0v) is 13.4. The van der Waals surface area contributed by atoms with Crippen LogP contribution in [0.3, 0.4) is 0 Å². The molecule has 0 aromatic rings. The number of allylic oxidation sites excluding steroid dienone is 1. The first-order valence-corrected chi connectivity index (χ1v) is 8.19. The maximum absolute atomic E-state index is 13.4. The molecule has 5 nitrogen and oxygen atoms in total. The number of carbonyl (C=O) groups excluding carboxylic acids is 1. The second kappa shape index (κ2) is 4.95. The van der Waals surface area contributed by atoms with Crippen LogP contribution in [0.1, 0.15) is 39.5 Å². The highest BCUT2D eigenvalue weighted by molar-refractivity contribution is 5.76. The lowest BCUT2D eigenvalue weighted by molar-refractivity contribution is -0.557. The van der Waals surface area contributed by atoms with Gasteiger partial charge in [0.25, 0.3) is 0 Å². The van der Waals surface area contributed by atoms with Gasteiger partial charge in [-0.1, -0.05) is 6.92 Å². The van der Waals surface area contributed by atoms with Crippen molar-refractivity contribution in [3.8, 4) is 0 Å². The van der Waals surface area contributed by atoms with Crippen molar-refractivity contribution in [2.45, 2.75) is 63.4 Å². The number of ether oxygens (including phenoxy) is 2. The van der Waals surface area contributed by atoms with E-state index in [4.69, 9.17) is 19.2 Å². The van der Waals surface area contributed by atoms with Gasteiger partial charge in [-0.2, -0.15) is 13.2 Å². The van der Waals surface area contributed by atoms with Crippen molar-refractivity contribution in [1.29, 1.82) is 0 Å². The van der Waals surface area contributed by atoms with Gasteiger partial charge in [-0.05, 0) is 32.1 Å². The van der Waals surface area contributed by atoms with Gasteiger partial charge in [0.15, 0.2) is 5.60 Å². The number of alkyl halides is 3. The van der Waals surface area contributed by atoms with Crippen molar-refractivity contribution >= 4 is 6.29 Å². The van der Waals surface area contributed by atoms with Crippen LogP contribution >= 0.6 is 0 Å². The minimum Gasteiger partial charge on any atom is -0.456 e. The lowest BCUT2D eigenvalue weighted by Crippen LogP contribution is -2.67. The molecular weight excluding hydrogens is 329 g/mol. The largest absolute Gasteiger partial charge is 0.456 e. The standard InChI is InChI=1S/C16H19F3O5/c1-8-3-4-11-9(7-20)12(16(17,18)19)21-13-15(11)10(8)5-6-14(2,22-13)23-24-15/h7-8,10-11,13H,3-6H2,1-2H3/t8-,10?,11+,13-,14?,15-/m1/s1. The molecule has 0 N–H and O–H groups in total. The van der Waals surface area contributed by atoms with E-state index < -0.39 is 41.1 Å². The van der Waals surface area contributed by atoms with E-state index in [1.165, 1.54) is 0 Å². The van der Waals surface area contributed by atoms with Gasteiger partial charge < -0.3 is 9.47 Å². The highest BCUT2D eigenvalue weighted by atomic mass is 19.4. The lowest BCUT2D eigenvalue weighted by Gasteiger charge is -2.56. The summed E-state index contributed by atoms with van der Waals surface area (Å²) in [7, 11) is 0. The molecule has 1 spiro atoms. The molecule has 0 aromatic heterocycles. The fourth-order valence-electron chi connectivity index (χ4n) is 4.80. The van der Waals surface area contributed by atoms with Crippen molar-refractivity contribution < 1.29 is 37.2 Å². The Morgan fingerprint density at radius 3 is 2.62 bits per heavy atom. The summed E-state index contributed by atoms with van der Waals surface area (Å²) < 4.78 is 51.2. The normalized spacial score (nSPS) is 47.7.